The van der Waals surface area contributed by atoms with Crippen LogP contribution in [0, 0.1) is 0 Å². The third kappa shape index (κ3) is 5.72. The number of nitrogens with zero attached hydrogens (tertiary/aromatic N) is 2. The number of carboxylic acids is 1. The number of rotatable bonds is 8. The first kappa shape index (κ1) is 26.2. The summed E-state index contributed by atoms with van der Waals surface area (Å²) in [7, 11) is 0. The van der Waals surface area contributed by atoms with Crippen molar-refractivity contribution in [3.8, 4) is 11.1 Å². The number of carboxylic acid groups (broad SMARTS) is 1. The molecule has 4 N–H and O–H groups in total. The highest BCUT2D eigenvalue weighted by Crippen LogP contribution is 2.28. The van der Waals surface area contributed by atoms with Crippen LogP contribution in [0.2, 0.25) is 0 Å². The Morgan fingerprint density at radius 2 is 1.82 bits per heavy atom. The summed E-state index contributed by atoms with van der Waals surface area (Å²) in [5, 5.41) is 12.8. The number of nitrogen functional groups attached to an aromatic ring is 1. The maximum atomic E-state index is 13.2. The Bertz CT molecular complexity index is 1530. The smallest absolute Gasteiger partial charge is 0.336 e. The van der Waals surface area contributed by atoms with Crippen molar-refractivity contribution in [2.24, 2.45) is 0 Å². The van der Waals surface area contributed by atoms with Crippen LogP contribution in [0.15, 0.2) is 66.7 Å². The number of fused-ring (bicyclic) bond motifs is 1. The van der Waals surface area contributed by atoms with E-state index < -0.39 is 5.97 Å². The van der Waals surface area contributed by atoms with E-state index in [-0.39, 0.29) is 17.5 Å². The molecule has 3 aromatic carbocycles. The monoisotopic (exact) mass is 522 g/mol. The molecule has 5 rings (SSSR count). The van der Waals surface area contributed by atoms with E-state index in [1.54, 1.807) is 18.2 Å². The SMILES string of the molecule is CC/C=C/c1nc2c(N)cc(C(=O)NC3CCCCC3)cc2n1Cc1ccc(-c2ccccc2C(=O)O)cc1. The summed E-state index contributed by atoms with van der Waals surface area (Å²) in [6, 6.07) is 18.7. The lowest BCUT2D eigenvalue weighted by atomic mass is 9.95. The van der Waals surface area contributed by atoms with Gasteiger partial charge in [-0.1, -0.05) is 74.7 Å². The van der Waals surface area contributed by atoms with E-state index in [1.807, 2.05) is 48.5 Å². The van der Waals surface area contributed by atoms with Crippen molar-refractivity contribution in [1.82, 2.24) is 14.9 Å². The first-order chi connectivity index (χ1) is 18.9. The summed E-state index contributed by atoms with van der Waals surface area (Å²) >= 11 is 0. The lowest BCUT2D eigenvalue weighted by molar-refractivity contribution is 0.0697. The van der Waals surface area contributed by atoms with Gasteiger partial charge in [-0.25, -0.2) is 9.78 Å². The number of nitrogens with one attached hydrogen (secondary N) is 1. The number of allylic oxidation sites excluding steroid dienone is 1. The highest BCUT2D eigenvalue weighted by molar-refractivity contribution is 6.01. The summed E-state index contributed by atoms with van der Waals surface area (Å²) in [5.41, 5.74) is 11.7. The van der Waals surface area contributed by atoms with Crippen LogP contribution in [-0.4, -0.2) is 32.6 Å². The fourth-order valence-electron chi connectivity index (χ4n) is 5.32. The normalized spacial score (nSPS) is 14.2. The number of aromatic carboxylic acids is 1. The van der Waals surface area contributed by atoms with Gasteiger partial charge in [0.25, 0.3) is 5.91 Å². The first-order valence-electron chi connectivity index (χ1n) is 13.6. The zero-order valence-electron chi connectivity index (χ0n) is 22.2. The molecule has 0 saturated heterocycles. The fraction of sp³-hybridized carbons (Fsp3) is 0.281. The van der Waals surface area contributed by atoms with Crippen LogP contribution in [0.3, 0.4) is 0 Å². The van der Waals surface area contributed by atoms with Crippen LogP contribution in [0.1, 0.15) is 77.6 Å². The number of nitrogens with two attached hydrogens (primary N) is 1. The molecule has 1 aliphatic carbocycles. The first-order valence-corrected chi connectivity index (χ1v) is 13.6. The second kappa shape index (κ2) is 11.6. The molecule has 0 atom stereocenters. The van der Waals surface area contributed by atoms with Gasteiger partial charge in [0.2, 0.25) is 0 Å². The molecule has 0 radical (unpaired) electrons. The van der Waals surface area contributed by atoms with E-state index in [9.17, 15) is 14.7 Å². The maximum absolute atomic E-state index is 13.2. The average molecular weight is 523 g/mol. The molecule has 1 saturated carbocycles. The van der Waals surface area contributed by atoms with E-state index in [0.717, 1.165) is 54.6 Å². The van der Waals surface area contributed by atoms with Gasteiger partial charge in [0, 0.05) is 18.2 Å². The molecular formula is C32H34N4O3. The van der Waals surface area contributed by atoms with Crippen molar-refractivity contribution in [3.63, 3.8) is 0 Å². The Balaban J connectivity index is 1.49. The molecule has 0 unspecified atom stereocenters. The molecule has 7 heteroatoms. The lowest BCUT2D eigenvalue weighted by Gasteiger charge is -2.22. The van der Waals surface area contributed by atoms with Crippen molar-refractivity contribution in [2.75, 3.05) is 5.73 Å². The largest absolute Gasteiger partial charge is 0.478 e. The molecule has 200 valence electrons. The molecule has 1 heterocycles. The highest BCUT2D eigenvalue weighted by Gasteiger charge is 2.20. The van der Waals surface area contributed by atoms with Gasteiger partial charge in [-0.15, -0.1) is 0 Å². The molecule has 1 aliphatic rings. The van der Waals surface area contributed by atoms with Gasteiger partial charge in [-0.2, -0.15) is 0 Å². The predicted molar refractivity (Wildman–Crippen MR) is 156 cm³/mol. The van der Waals surface area contributed by atoms with Crippen molar-refractivity contribution < 1.29 is 14.7 Å². The van der Waals surface area contributed by atoms with Gasteiger partial charge in [0.1, 0.15) is 11.3 Å². The molecule has 1 aromatic heterocycles. The predicted octanol–water partition coefficient (Wildman–Crippen LogP) is 6.52. The number of aromatic nitrogens is 2. The van der Waals surface area contributed by atoms with Crippen LogP contribution in [-0.2, 0) is 6.54 Å². The zero-order valence-corrected chi connectivity index (χ0v) is 22.2. The van der Waals surface area contributed by atoms with E-state index in [0.29, 0.717) is 28.9 Å². The van der Waals surface area contributed by atoms with Gasteiger partial charge in [-0.05, 0) is 60.2 Å². The van der Waals surface area contributed by atoms with Gasteiger partial charge in [-0.3, -0.25) is 4.79 Å². The van der Waals surface area contributed by atoms with Crippen LogP contribution >= 0.6 is 0 Å². The van der Waals surface area contributed by atoms with Gasteiger partial charge < -0.3 is 20.7 Å². The number of anilines is 1. The van der Waals surface area contributed by atoms with Gasteiger partial charge in [0.05, 0.1) is 16.8 Å². The lowest BCUT2D eigenvalue weighted by Crippen LogP contribution is -2.36. The van der Waals surface area contributed by atoms with Crippen molar-refractivity contribution in [3.05, 3.63) is 89.3 Å². The second-order valence-electron chi connectivity index (χ2n) is 10.2. The van der Waals surface area contributed by atoms with Gasteiger partial charge >= 0.3 is 5.97 Å². The van der Waals surface area contributed by atoms with Crippen LogP contribution in [0.25, 0.3) is 28.2 Å². The molecular weight excluding hydrogens is 488 g/mol. The summed E-state index contributed by atoms with van der Waals surface area (Å²) in [5.74, 6) is -0.285. The van der Waals surface area contributed by atoms with Crippen LogP contribution in [0.5, 0.6) is 0 Å². The summed E-state index contributed by atoms with van der Waals surface area (Å²) in [6.45, 7) is 2.59. The molecule has 0 spiro atoms. The Kier molecular flexibility index (Phi) is 7.77. The summed E-state index contributed by atoms with van der Waals surface area (Å²) in [6.07, 6.45) is 10.5. The third-order valence-corrected chi connectivity index (χ3v) is 7.38. The maximum Gasteiger partial charge on any atom is 0.336 e. The number of carbonyl (C=O) groups excluding carboxylic acids is 1. The molecule has 7 nitrogen and oxygen atoms in total. The van der Waals surface area contributed by atoms with E-state index >= 15 is 0 Å². The molecule has 4 aromatic rings. The fourth-order valence-corrected chi connectivity index (χ4v) is 5.32. The molecule has 1 amide bonds. The summed E-state index contributed by atoms with van der Waals surface area (Å²) < 4.78 is 2.08. The standard InChI is InChI=1S/C32H34N4O3/c1-2-3-13-29-35-30-27(33)18-23(31(37)34-24-9-5-4-6-10-24)19-28(30)36(29)20-21-14-16-22(17-15-21)25-11-7-8-12-26(25)32(38)39/h3,7-8,11-19,24H,2,4-6,9-10,20,33H2,1H3,(H,34,37)(H,38,39)/b13-3+. The molecule has 0 aliphatic heterocycles. The number of hydrogen-bond donors (Lipinski definition) is 3. The van der Waals surface area contributed by atoms with Gasteiger partial charge in [0.15, 0.2) is 0 Å². The van der Waals surface area contributed by atoms with Crippen molar-refractivity contribution in [2.45, 2.75) is 58.0 Å². The quantitative estimate of drug-likeness (QED) is 0.228. The van der Waals surface area contributed by atoms with Crippen LogP contribution < -0.4 is 11.1 Å². The molecule has 1 fully saturated rings. The average Bonchev–Trinajstić information content (AvgIpc) is 3.30. The summed E-state index contributed by atoms with van der Waals surface area (Å²) in [4.78, 5) is 29.6. The van der Waals surface area contributed by atoms with E-state index in [4.69, 9.17) is 10.7 Å². The minimum absolute atomic E-state index is 0.102. The Morgan fingerprint density at radius 1 is 1.08 bits per heavy atom. The zero-order chi connectivity index (χ0) is 27.4. The number of amides is 1. The minimum atomic E-state index is -0.951. The molecule has 0 bridgehead atoms. The van der Waals surface area contributed by atoms with Crippen LogP contribution in [0.4, 0.5) is 5.69 Å². The highest BCUT2D eigenvalue weighted by atomic mass is 16.4. The number of benzene rings is 3. The van der Waals surface area contributed by atoms with E-state index in [2.05, 4.69) is 22.9 Å². The number of carbonyl (C=O) groups is 2. The van der Waals surface area contributed by atoms with Crippen molar-refractivity contribution >= 4 is 34.7 Å². The number of imidazole rings is 1. The second-order valence-corrected chi connectivity index (χ2v) is 10.2. The third-order valence-electron chi connectivity index (χ3n) is 7.38. The Hall–Kier alpha value is -4.39. The Morgan fingerprint density at radius 3 is 2.54 bits per heavy atom. The van der Waals surface area contributed by atoms with E-state index in [1.165, 1.54) is 6.42 Å². The minimum Gasteiger partial charge on any atom is -0.478 e. The molecule has 39 heavy (non-hydrogen) atoms. The topological polar surface area (TPSA) is 110 Å². The van der Waals surface area contributed by atoms with Crippen molar-refractivity contribution in [1.29, 1.82) is 0 Å². The Labute approximate surface area is 228 Å². The number of hydrogen-bond acceptors (Lipinski definition) is 4.